The number of sulfonamides is 1. The third-order valence-electron chi connectivity index (χ3n) is 2.80. The van der Waals surface area contributed by atoms with Crippen LogP contribution in [0.1, 0.15) is 25.5 Å². The van der Waals surface area contributed by atoms with Gasteiger partial charge in [0.2, 0.25) is 10.0 Å². The van der Waals surface area contributed by atoms with Crippen LogP contribution in [0.15, 0.2) is 29.2 Å². The summed E-state index contributed by atoms with van der Waals surface area (Å²) in [6.07, 6.45) is 2.07. The summed E-state index contributed by atoms with van der Waals surface area (Å²) < 4.78 is 22.5. The van der Waals surface area contributed by atoms with Crippen molar-refractivity contribution in [3.8, 4) is 0 Å². The van der Waals surface area contributed by atoms with Crippen LogP contribution in [0, 0.1) is 0 Å². The summed E-state index contributed by atoms with van der Waals surface area (Å²) in [4.78, 5) is 0.159. The molecule has 0 amide bonds. The van der Waals surface area contributed by atoms with E-state index in [0.717, 1.165) is 12.1 Å². The van der Waals surface area contributed by atoms with Crippen molar-refractivity contribution < 1.29 is 8.42 Å². The van der Waals surface area contributed by atoms with Gasteiger partial charge in [-0.25, -0.2) is 13.6 Å². The topological polar surface area (TPSA) is 72.2 Å². The van der Waals surface area contributed by atoms with Crippen molar-refractivity contribution in [1.29, 1.82) is 0 Å². The van der Waals surface area contributed by atoms with Crippen LogP contribution in [0.4, 0.5) is 0 Å². The molecule has 0 saturated carbocycles. The largest absolute Gasteiger partial charge is 0.309 e. The molecule has 0 aliphatic rings. The maximum Gasteiger partial charge on any atom is 0.238 e. The summed E-state index contributed by atoms with van der Waals surface area (Å²) in [6, 6.07) is 6.84. The SMILES string of the molecule is CSC(C)CNC(C)c1cccc(S(N)(=O)=O)c1. The standard InChI is InChI=1S/C12H20N2O2S2/c1-9(17-3)8-14-10(2)11-5-4-6-12(7-11)18(13,15)16/h4-7,9-10,14H,8H2,1-3H3,(H2,13,15,16). The second kappa shape index (κ2) is 6.56. The molecular formula is C12H20N2O2S2. The van der Waals surface area contributed by atoms with Crippen LogP contribution in [0.25, 0.3) is 0 Å². The number of nitrogens with one attached hydrogen (secondary N) is 1. The van der Waals surface area contributed by atoms with E-state index in [1.54, 1.807) is 23.9 Å². The lowest BCUT2D eigenvalue weighted by Gasteiger charge is -2.17. The van der Waals surface area contributed by atoms with Crippen LogP contribution in [-0.2, 0) is 10.0 Å². The van der Waals surface area contributed by atoms with Gasteiger partial charge >= 0.3 is 0 Å². The molecule has 1 aromatic carbocycles. The number of hydrogen-bond donors (Lipinski definition) is 2. The predicted molar refractivity (Wildman–Crippen MR) is 77.2 cm³/mol. The predicted octanol–water partition coefficient (Wildman–Crippen LogP) is 1.74. The molecular weight excluding hydrogens is 268 g/mol. The lowest BCUT2D eigenvalue weighted by Crippen LogP contribution is -2.25. The molecule has 2 atom stereocenters. The molecule has 0 aliphatic heterocycles. The summed E-state index contributed by atoms with van der Waals surface area (Å²) in [5, 5.41) is 9.01. The van der Waals surface area contributed by atoms with E-state index in [2.05, 4.69) is 18.5 Å². The third-order valence-corrected chi connectivity index (χ3v) is 4.68. The van der Waals surface area contributed by atoms with Gasteiger partial charge in [0.25, 0.3) is 0 Å². The lowest BCUT2D eigenvalue weighted by atomic mass is 10.1. The van der Waals surface area contributed by atoms with Crippen molar-refractivity contribution in [2.24, 2.45) is 5.14 Å². The lowest BCUT2D eigenvalue weighted by molar-refractivity contribution is 0.573. The first-order valence-electron chi connectivity index (χ1n) is 5.73. The number of hydrogen-bond acceptors (Lipinski definition) is 4. The molecule has 0 bridgehead atoms. The van der Waals surface area contributed by atoms with Gasteiger partial charge in [-0.3, -0.25) is 0 Å². The highest BCUT2D eigenvalue weighted by Crippen LogP contribution is 2.17. The number of benzene rings is 1. The van der Waals surface area contributed by atoms with E-state index in [1.165, 1.54) is 6.07 Å². The normalized spacial score (nSPS) is 15.3. The van der Waals surface area contributed by atoms with Crippen molar-refractivity contribution in [2.75, 3.05) is 12.8 Å². The molecule has 0 spiro atoms. The average molecular weight is 288 g/mol. The minimum Gasteiger partial charge on any atom is -0.309 e. The van der Waals surface area contributed by atoms with Crippen LogP contribution in [0.3, 0.4) is 0 Å². The first-order chi connectivity index (χ1) is 8.34. The average Bonchev–Trinajstić information content (AvgIpc) is 2.34. The van der Waals surface area contributed by atoms with Gasteiger partial charge in [0.15, 0.2) is 0 Å². The van der Waals surface area contributed by atoms with Gasteiger partial charge in [-0.05, 0) is 30.9 Å². The zero-order chi connectivity index (χ0) is 13.8. The molecule has 0 aromatic heterocycles. The van der Waals surface area contributed by atoms with E-state index < -0.39 is 10.0 Å². The fourth-order valence-electron chi connectivity index (χ4n) is 1.50. The van der Waals surface area contributed by atoms with Gasteiger partial charge in [0.1, 0.15) is 0 Å². The number of rotatable bonds is 6. The van der Waals surface area contributed by atoms with Gasteiger partial charge < -0.3 is 5.32 Å². The smallest absolute Gasteiger partial charge is 0.238 e. The molecule has 3 N–H and O–H groups in total. The molecule has 0 fully saturated rings. The van der Waals surface area contributed by atoms with Crippen LogP contribution < -0.4 is 10.5 Å². The van der Waals surface area contributed by atoms with Crippen molar-refractivity contribution in [3.05, 3.63) is 29.8 Å². The summed E-state index contributed by atoms with van der Waals surface area (Å²) >= 11 is 1.79. The van der Waals surface area contributed by atoms with Crippen LogP contribution in [0.2, 0.25) is 0 Å². The van der Waals surface area contributed by atoms with Gasteiger partial charge in [-0.1, -0.05) is 19.1 Å². The van der Waals surface area contributed by atoms with Crippen LogP contribution in [-0.4, -0.2) is 26.5 Å². The molecule has 0 heterocycles. The van der Waals surface area contributed by atoms with Crippen molar-refractivity contribution in [1.82, 2.24) is 5.32 Å². The summed E-state index contributed by atoms with van der Waals surface area (Å²) in [5.41, 5.74) is 0.926. The van der Waals surface area contributed by atoms with Crippen LogP contribution in [0.5, 0.6) is 0 Å². The van der Waals surface area contributed by atoms with Crippen molar-refractivity contribution in [3.63, 3.8) is 0 Å². The Kier molecular flexibility index (Phi) is 5.65. The fraction of sp³-hybridized carbons (Fsp3) is 0.500. The van der Waals surface area contributed by atoms with Crippen LogP contribution >= 0.6 is 11.8 Å². The molecule has 1 aromatic rings. The Morgan fingerprint density at radius 2 is 2.06 bits per heavy atom. The third kappa shape index (κ3) is 4.61. The minimum absolute atomic E-state index is 0.0984. The first-order valence-corrected chi connectivity index (χ1v) is 8.57. The minimum atomic E-state index is -3.63. The van der Waals surface area contributed by atoms with Crippen molar-refractivity contribution in [2.45, 2.75) is 30.0 Å². The molecule has 6 heteroatoms. The number of primary sulfonamides is 1. The Bertz CT molecular complexity index is 489. The Hall–Kier alpha value is -0.560. The Morgan fingerprint density at radius 3 is 2.61 bits per heavy atom. The molecule has 1 rings (SSSR count). The maximum atomic E-state index is 11.3. The molecule has 102 valence electrons. The summed E-state index contributed by atoms with van der Waals surface area (Å²) in [7, 11) is -3.63. The Morgan fingerprint density at radius 1 is 1.39 bits per heavy atom. The zero-order valence-corrected chi connectivity index (χ0v) is 12.5. The number of nitrogens with two attached hydrogens (primary N) is 1. The van der Waals surface area contributed by atoms with Gasteiger partial charge in [-0.15, -0.1) is 0 Å². The Labute approximate surface area is 113 Å². The highest BCUT2D eigenvalue weighted by Gasteiger charge is 2.11. The summed E-state index contributed by atoms with van der Waals surface area (Å²) in [6.45, 7) is 5.03. The zero-order valence-electron chi connectivity index (χ0n) is 10.9. The molecule has 18 heavy (non-hydrogen) atoms. The van der Waals surface area contributed by atoms with Gasteiger partial charge in [0, 0.05) is 17.8 Å². The first kappa shape index (κ1) is 15.5. The van der Waals surface area contributed by atoms with E-state index in [0.29, 0.717) is 5.25 Å². The quantitative estimate of drug-likeness (QED) is 0.836. The molecule has 0 aliphatic carbocycles. The van der Waals surface area contributed by atoms with E-state index in [9.17, 15) is 8.42 Å². The second-order valence-corrected chi connectivity index (χ2v) is 7.13. The summed E-state index contributed by atoms with van der Waals surface area (Å²) in [5.74, 6) is 0. The second-order valence-electron chi connectivity index (χ2n) is 4.29. The maximum absolute atomic E-state index is 11.3. The molecule has 0 radical (unpaired) electrons. The van der Waals surface area contributed by atoms with Gasteiger partial charge in [0.05, 0.1) is 4.90 Å². The number of thioether (sulfide) groups is 1. The highest BCUT2D eigenvalue weighted by atomic mass is 32.2. The van der Waals surface area contributed by atoms with E-state index in [-0.39, 0.29) is 10.9 Å². The van der Waals surface area contributed by atoms with E-state index in [1.807, 2.05) is 13.0 Å². The van der Waals surface area contributed by atoms with E-state index >= 15 is 0 Å². The fourth-order valence-corrected chi connectivity index (χ4v) is 2.34. The van der Waals surface area contributed by atoms with E-state index in [4.69, 9.17) is 5.14 Å². The molecule has 2 unspecified atom stereocenters. The van der Waals surface area contributed by atoms with Crippen molar-refractivity contribution >= 4 is 21.8 Å². The highest BCUT2D eigenvalue weighted by molar-refractivity contribution is 7.99. The Balaban J connectivity index is 2.78. The molecule has 4 nitrogen and oxygen atoms in total. The molecule has 0 saturated heterocycles. The van der Waals surface area contributed by atoms with Gasteiger partial charge in [-0.2, -0.15) is 11.8 Å². The monoisotopic (exact) mass is 288 g/mol.